The van der Waals surface area contributed by atoms with Crippen LogP contribution in [-0.4, -0.2) is 25.9 Å². The third-order valence-electron chi connectivity index (χ3n) is 3.67. The standard InChI is InChI=1S/C13H30O2S2Si/c1-7-11(5)14-18(15-12(6)8-2)13(9-3,10-4)17-16/h11-12,16,18H,7-10H2,1-6H3. The Kier molecular flexibility index (Phi) is 10.1. The Morgan fingerprint density at radius 1 is 1.00 bits per heavy atom. The highest BCUT2D eigenvalue weighted by Crippen LogP contribution is 2.39. The Morgan fingerprint density at radius 2 is 1.39 bits per heavy atom. The first-order valence-electron chi connectivity index (χ1n) is 7.12. The second kappa shape index (κ2) is 9.70. The molecule has 0 aromatic rings. The van der Waals surface area contributed by atoms with Crippen LogP contribution in [0.4, 0.5) is 0 Å². The van der Waals surface area contributed by atoms with Gasteiger partial charge in [0.05, 0.1) is 4.37 Å². The predicted octanol–water partition coefficient (Wildman–Crippen LogP) is 4.51. The Morgan fingerprint density at radius 3 is 1.61 bits per heavy atom. The Hall–Kier alpha value is 0.837. The van der Waals surface area contributed by atoms with Crippen molar-refractivity contribution in [3.63, 3.8) is 0 Å². The molecule has 5 heteroatoms. The molecule has 2 nitrogen and oxygen atoms in total. The lowest BCUT2D eigenvalue weighted by atomic mass is 10.2. The molecule has 0 aliphatic carbocycles. The van der Waals surface area contributed by atoms with Gasteiger partial charge in [0.1, 0.15) is 0 Å². The van der Waals surface area contributed by atoms with E-state index in [1.165, 1.54) is 0 Å². The molecule has 18 heavy (non-hydrogen) atoms. The van der Waals surface area contributed by atoms with Crippen molar-refractivity contribution in [1.29, 1.82) is 0 Å². The molecule has 0 aliphatic heterocycles. The first-order valence-corrected chi connectivity index (χ1v) is 10.5. The van der Waals surface area contributed by atoms with Gasteiger partial charge in [-0.1, -0.05) is 38.5 Å². The molecule has 110 valence electrons. The van der Waals surface area contributed by atoms with Crippen molar-refractivity contribution in [2.24, 2.45) is 0 Å². The Labute approximate surface area is 124 Å². The third kappa shape index (κ3) is 5.45. The maximum atomic E-state index is 6.26. The van der Waals surface area contributed by atoms with Crippen LogP contribution in [0.3, 0.4) is 0 Å². The molecular weight excluding hydrogens is 280 g/mol. The maximum absolute atomic E-state index is 6.26. The number of hydrogen-bond donors (Lipinski definition) is 1. The second-order valence-corrected chi connectivity index (χ2v) is 9.18. The molecular formula is C13H30O2S2Si. The van der Waals surface area contributed by atoms with Crippen LogP contribution in [0.2, 0.25) is 0 Å². The van der Waals surface area contributed by atoms with Crippen LogP contribution in [0.15, 0.2) is 0 Å². The summed E-state index contributed by atoms with van der Waals surface area (Å²) in [5.74, 6) is 0. The summed E-state index contributed by atoms with van der Waals surface area (Å²) >= 11 is 4.50. The fourth-order valence-corrected chi connectivity index (χ4v) is 6.59. The summed E-state index contributed by atoms with van der Waals surface area (Å²) in [6, 6.07) is 0. The zero-order valence-corrected chi connectivity index (χ0v) is 15.6. The van der Waals surface area contributed by atoms with Crippen molar-refractivity contribution in [3.05, 3.63) is 0 Å². The fraction of sp³-hybridized carbons (Fsp3) is 1.00. The Balaban J connectivity index is 4.91. The van der Waals surface area contributed by atoms with Gasteiger partial charge in [-0.25, -0.2) is 0 Å². The normalized spacial score (nSPS) is 17.5. The molecule has 0 bridgehead atoms. The highest BCUT2D eigenvalue weighted by atomic mass is 33.1. The molecule has 0 radical (unpaired) electrons. The van der Waals surface area contributed by atoms with Gasteiger partial charge in [-0.2, -0.15) is 0 Å². The van der Waals surface area contributed by atoms with Gasteiger partial charge in [0.25, 0.3) is 0 Å². The van der Waals surface area contributed by atoms with Crippen LogP contribution >= 0.6 is 22.5 Å². The van der Waals surface area contributed by atoms with Crippen LogP contribution in [0, 0.1) is 0 Å². The van der Waals surface area contributed by atoms with E-state index < -0.39 is 9.28 Å². The monoisotopic (exact) mass is 310 g/mol. The molecule has 0 rings (SSSR count). The summed E-state index contributed by atoms with van der Waals surface area (Å²) in [5, 5.41) is 0. The van der Waals surface area contributed by atoms with E-state index in [1.807, 2.05) is 0 Å². The van der Waals surface area contributed by atoms with Gasteiger partial charge >= 0.3 is 9.28 Å². The lowest BCUT2D eigenvalue weighted by Gasteiger charge is -2.37. The van der Waals surface area contributed by atoms with E-state index in [0.29, 0.717) is 0 Å². The second-order valence-electron chi connectivity index (χ2n) is 4.90. The smallest absolute Gasteiger partial charge is 0.339 e. The molecule has 0 aromatic heterocycles. The van der Waals surface area contributed by atoms with Gasteiger partial charge < -0.3 is 8.85 Å². The molecule has 2 atom stereocenters. The van der Waals surface area contributed by atoms with Gasteiger partial charge in [-0.05, 0) is 39.5 Å². The minimum atomic E-state index is -1.75. The van der Waals surface area contributed by atoms with Gasteiger partial charge in [-0.15, -0.1) is 11.7 Å². The number of hydrogen-bond acceptors (Lipinski definition) is 4. The van der Waals surface area contributed by atoms with E-state index in [9.17, 15) is 0 Å². The van der Waals surface area contributed by atoms with Crippen LogP contribution in [0.5, 0.6) is 0 Å². The van der Waals surface area contributed by atoms with E-state index >= 15 is 0 Å². The summed E-state index contributed by atoms with van der Waals surface area (Å²) in [7, 11) is -0.112. The van der Waals surface area contributed by atoms with Crippen LogP contribution < -0.4 is 0 Å². The fourth-order valence-electron chi connectivity index (χ4n) is 1.65. The van der Waals surface area contributed by atoms with Crippen molar-refractivity contribution in [2.75, 3.05) is 0 Å². The maximum Gasteiger partial charge on any atom is 0.339 e. The molecule has 2 unspecified atom stereocenters. The highest BCUT2D eigenvalue weighted by Gasteiger charge is 2.42. The largest absolute Gasteiger partial charge is 0.393 e. The average molecular weight is 311 g/mol. The summed E-state index contributed by atoms with van der Waals surface area (Å²) in [6.45, 7) is 13.0. The van der Waals surface area contributed by atoms with E-state index in [-0.39, 0.29) is 16.6 Å². The van der Waals surface area contributed by atoms with Gasteiger partial charge in [0.15, 0.2) is 0 Å². The zero-order chi connectivity index (χ0) is 14.2. The first kappa shape index (κ1) is 18.8. The van der Waals surface area contributed by atoms with Crippen molar-refractivity contribution in [1.82, 2.24) is 0 Å². The number of thiol groups is 1. The summed E-state index contributed by atoms with van der Waals surface area (Å²) in [6.07, 6.45) is 4.75. The van der Waals surface area contributed by atoms with Crippen LogP contribution in [0.25, 0.3) is 0 Å². The van der Waals surface area contributed by atoms with E-state index in [4.69, 9.17) is 8.85 Å². The van der Waals surface area contributed by atoms with E-state index in [2.05, 4.69) is 53.2 Å². The molecule has 0 aliphatic rings. The molecule has 0 N–H and O–H groups in total. The lowest BCUT2D eigenvalue weighted by Crippen LogP contribution is -2.49. The van der Waals surface area contributed by atoms with Crippen LogP contribution in [-0.2, 0) is 8.85 Å². The minimum absolute atomic E-state index is 0.0793. The first-order chi connectivity index (χ1) is 8.49. The van der Waals surface area contributed by atoms with Gasteiger partial charge in [0, 0.05) is 12.2 Å². The predicted molar refractivity (Wildman–Crippen MR) is 88.7 cm³/mol. The minimum Gasteiger partial charge on any atom is -0.393 e. The molecule has 0 saturated carbocycles. The molecule has 0 saturated heterocycles. The molecule has 0 spiro atoms. The summed E-state index contributed by atoms with van der Waals surface area (Å²) < 4.78 is 12.6. The van der Waals surface area contributed by atoms with Crippen LogP contribution in [0.1, 0.15) is 67.2 Å². The van der Waals surface area contributed by atoms with Crippen molar-refractivity contribution < 1.29 is 8.85 Å². The Bertz CT molecular complexity index is 193. The highest BCUT2D eigenvalue weighted by molar-refractivity contribution is 8.69. The third-order valence-corrected chi connectivity index (χ3v) is 10.3. The molecule has 0 fully saturated rings. The zero-order valence-electron chi connectivity index (χ0n) is 12.7. The average Bonchev–Trinajstić information content (AvgIpc) is 2.40. The topological polar surface area (TPSA) is 18.5 Å². The van der Waals surface area contributed by atoms with Crippen molar-refractivity contribution >= 4 is 31.7 Å². The van der Waals surface area contributed by atoms with E-state index in [1.54, 1.807) is 10.8 Å². The van der Waals surface area contributed by atoms with Gasteiger partial charge in [-0.3, -0.25) is 0 Å². The summed E-state index contributed by atoms with van der Waals surface area (Å²) in [4.78, 5) is 0. The number of rotatable bonds is 10. The SMILES string of the molecule is CCC(C)O[SiH](OC(C)CC)C(CC)(CC)SS. The van der Waals surface area contributed by atoms with Gasteiger partial charge in [0.2, 0.25) is 0 Å². The molecule has 0 heterocycles. The van der Waals surface area contributed by atoms with Crippen molar-refractivity contribution in [3.8, 4) is 0 Å². The van der Waals surface area contributed by atoms with Crippen molar-refractivity contribution in [2.45, 2.75) is 83.8 Å². The molecule has 0 aromatic carbocycles. The molecule has 0 amide bonds. The quantitative estimate of drug-likeness (QED) is 0.364. The lowest BCUT2D eigenvalue weighted by molar-refractivity contribution is 0.101. The summed E-state index contributed by atoms with van der Waals surface area (Å²) in [5.41, 5.74) is 0. The van der Waals surface area contributed by atoms with E-state index in [0.717, 1.165) is 25.7 Å².